The molecule has 0 saturated carbocycles. The number of aliphatic hydroxyl groups excluding tert-OH is 1. The Bertz CT molecular complexity index is 145. The quantitative estimate of drug-likeness (QED) is 0.623. The number of hydrogen-bond donors (Lipinski definition) is 2. The average molecular weight is 157 g/mol. The fourth-order valence-electron chi connectivity index (χ4n) is 1.20. The van der Waals surface area contributed by atoms with E-state index in [4.69, 9.17) is 15.6 Å². The van der Waals surface area contributed by atoms with E-state index in [1.165, 1.54) is 0 Å². The van der Waals surface area contributed by atoms with Crippen LogP contribution in [0, 0.1) is 0 Å². The minimum absolute atomic E-state index is 0.107. The zero-order chi connectivity index (χ0) is 8.10. The summed E-state index contributed by atoms with van der Waals surface area (Å²) in [5, 5.41) is 8.48. The first-order valence-corrected chi connectivity index (χ1v) is 4.00. The Kier molecular flexibility index (Phi) is 3.39. The predicted octanol–water partition coefficient (Wildman–Crippen LogP) is 0.390. The Morgan fingerprint density at radius 2 is 2.55 bits per heavy atom. The van der Waals surface area contributed by atoms with Crippen molar-refractivity contribution in [2.75, 3.05) is 13.2 Å². The predicted molar refractivity (Wildman–Crippen MR) is 42.9 cm³/mol. The summed E-state index contributed by atoms with van der Waals surface area (Å²) < 4.78 is 5.33. The van der Waals surface area contributed by atoms with Crippen LogP contribution in [0.15, 0.2) is 11.8 Å². The number of nitrogens with two attached hydrogens (primary N) is 1. The Hall–Kier alpha value is -0.540. The van der Waals surface area contributed by atoms with E-state index in [9.17, 15) is 0 Å². The van der Waals surface area contributed by atoms with Gasteiger partial charge in [-0.15, -0.1) is 0 Å². The zero-order valence-corrected chi connectivity index (χ0v) is 6.62. The van der Waals surface area contributed by atoms with Gasteiger partial charge in [-0.3, -0.25) is 0 Å². The minimum Gasteiger partial charge on any atom is -0.402 e. The van der Waals surface area contributed by atoms with Crippen molar-refractivity contribution in [2.45, 2.75) is 25.4 Å². The number of allylic oxidation sites excluding steroid dienone is 1. The second-order valence-electron chi connectivity index (χ2n) is 2.77. The van der Waals surface area contributed by atoms with Crippen molar-refractivity contribution in [3.05, 3.63) is 11.8 Å². The van der Waals surface area contributed by atoms with E-state index < -0.39 is 0 Å². The maximum atomic E-state index is 8.48. The molecule has 0 spiro atoms. The summed E-state index contributed by atoms with van der Waals surface area (Å²) in [4.78, 5) is 0. The van der Waals surface area contributed by atoms with Gasteiger partial charge in [0.05, 0.1) is 19.3 Å². The van der Waals surface area contributed by atoms with E-state index in [-0.39, 0.29) is 12.7 Å². The Morgan fingerprint density at radius 3 is 3.09 bits per heavy atom. The molecule has 1 unspecified atom stereocenters. The molecule has 1 aliphatic carbocycles. The zero-order valence-electron chi connectivity index (χ0n) is 6.62. The molecule has 3 nitrogen and oxygen atoms in total. The first-order valence-electron chi connectivity index (χ1n) is 4.00. The maximum absolute atomic E-state index is 8.48. The van der Waals surface area contributed by atoms with Crippen LogP contribution in [0.3, 0.4) is 0 Å². The van der Waals surface area contributed by atoms with Crippen LogP contribution in [-0.4, -0.2) is 24.4 Å². The van der Waals surface area contributed by atoms with E-state index in [1.54, 1.807) is 0 Å². The van der Waals surface area contributed by atoms with Gasteiger partial charge < -0.3 is 15.6 Å². The number of aliphatic hydroxyl groups is 1. The average Bonchev–Trinajstić information content (AvgIpc) is 2.04. The van der Waals surface area contributed by atoms with Crippen molar-refractivity contribution in [2.24, 2.45) is 5.73 Å². The van der Waals surface area contributed by atoms with E-state index in [1.807, 2.05) is 6.08 Å². The molecule has 64 valence electrons. The third-order valence-corrected chi connectivity index (χ3v) is 1.84. The summed E-state index contributed by atoms with van der Waals surface area (Å²) in [6.45, 7) is 0.550. The monoisotopic (exact) mass is 157 g/mol. The molecule has 0 heterocycles. The summed E-state index contributed by atoms with van der Waals surface area (Å²) in [6.07, 6.45) is 5.09. The summed E-state index contributed by atoms with van der Waals surface area (Å²) >= 11 is 0. The van der Waals surface area contributed by atoms with Gasteiger partial charge in [0.1, 0.15) is 0 Å². The van der Waals surface area contributed by atoms with Crippen molar-refractivity contribution < 1.29 is 9.84 Å². The lowest BCUT2D eigenvalue weighted by atomic mass is 10.0. The molecule has 3 N–H and O–H groups in total. The van der Waals surface area contributed by atoms with Gasteiger partial charge >= 0.3 is 0 Å². The van der Waals surface area contributed by atoms with Gasteiger partial charge in [-0.1, -0.05) is 6.08 Å². The van der Waals surface area contributed by atoms with Gasteiger partial charge in [0, 0.05) is 5.70 Å². The molecule has 3 heteroatoms. The highest BCUT2D eigenvalue weighted by Gasteiger charge is 2.12. The van der Waals surface area contributed by atoms with Crippen molar-refractivity contribution in [1.29, 1.82) is 0 Å². The van der Waals surface area contributed by atoms with Gasteiger partial charge in [0.2, 0.25) is 0 Å². The smallest absolute Gasteiger partial charge is 0.0701 e. The van der Waals surface area contributed by atoms with Gasteiger partial charge in [-0.2, -0.15) is 0 Å². The minimum atomic E-state index is 0.107. The molecule has 1 atom stereocenters. The third-order valence-electron chi connectivity index (χ3n) is 1.84. The second-order valence-corrected chi connectivity index (χ2v) is 2.77. The Morgan fingerprint density at radius 1 is 1.73 bits per heavy atom. The van der Waals surface area contributed by atoms with E-state index in [0.717, 1.165) is 25.0 Å². The van der Waals surface area contributed by atoms with Crippen LogP contribution in [0.25, 0.3) is 0 Å². The van der Waals surface area contributed by atoms with Crippen LogP contribution in [0.1, 0.15) is 19.3 Å². The van der Waals surface area contributed by atoms with Crippen LogP contribution < -0.4 is 5.73 Å². The Balaban J connectivity index is 2.18. The summed E-state index contributed by atoms with van der Waals surface area (Å²) in [6, 6.07) is 0. The summed E-state index contributed by atoms with van der Waals surface area (Å²) in [7, 11) is 0. The van der Waals surface area contributed by atoms with Gasteiger partial charge in [-0.05, 0) is 19.3 Å². The molecule has 0 saturated heterocycles. The first kappa shape index (κ1) is 8.56. The molecule has 0 aromatic heterocycles. The van der Waals surface area contributed by atoms with Gasteiger partial charge in [0.25, 0.3) is 0 Å². The highest BCUT2D eigenvalue weighted by atomic mass is 16.5. The maximum Gasteiger partial charge on any atom is 0.0701 e. The highest BCUT2D eigenvalue weighted by molar-refractivity contribution is 5.02. The molecule has 0 amide bonds. The van der Waals surface area contributed by atoms with Crippen LogP contribution >= 0.6 is 0 Å². The Labute approximate surface area is 66.8 Å². The lowest BCUT2D eigenvalue weighted by Gasteiger charge is -2.19. The van der Waals surface area contributed by atoms with E-state index in [0.29, 0.717) is 6.61 Å². The number of rotatable bonds is 3. The third kappa shape index (κ3) is 2.91. The molecule has 0 aromatic carbocycles. The largest absolute Gasteiger partial charge is 0.402 e. The molecule has 0 bridgehead atoms. The van der Waals surface area contributed by atoms with Crippen LogP contribution in [0.2, 0.25) is 0 Å². The van der Waals surface area contributed by atoms with Crippen LogP contribution in [0.5, 0.6) is 0 Å². The molecule has 1 rings (SSSR count). The molecule has 0 radical (unpaired) electrons. The normalized spacial score (nSPS) is 24.8. The number of hydrogen-bond acceptors (Lipinski definition) is 3. The topological polar surface area (TPSA) is 55.5 Å². The lowest BCUT2D eigenvalue weighted by Crippen LogP contribution is -2.19. The molecular formula is C8H15NO2. The fourth-order valence-corrected chi connectivity index (χ4v) is 1.20. The molecule has 0 aromatic rings. The summed E-state index contributed by atoms with van der Waals surface area (Å²) in [5.41, 5.74) is 6.55. The summed E-state index contributed by atoms with van der Waals surface area (Å²) in [5.74, 6) is 0. The van der Waals surface area contributed by atoms with Crippen molar-refractivity contribution >= 4 is 0 Å². The number of ether oxygens (including phenoxy) is 1. The van der Waals surface area contributed by atoms with Crippen LogP contribution in [-0.2, 0) is 4.74 Å². The molecular weight excluding hydrogens is 142 g/mol. The SMILES string of the molecule is NC1=CCC(OCCO)CC1. The van der Waals surface area contributed by atoms with Crippen molar-refractivity contribution in [3.8, 4) is 0 Å². The fraction of sp³-hybridized carbons (Fsp3) is 0.750. The molecule has 0 fully saturated rings. The standard InChI is InChI=1S/C8H15NO2/c9-7-1-3-8(4-2-7)11-6-5-10/h1,8,10H,2-6,9H2. The molecule has 0 aliphatic heterocycles. The van der Waals surface area contributed by atoms with Crippen molar-refractivity contribution in [1.82, 2.24) is 0 Å². The van der Waals surface area contributed by atoms with E-state index in [2.05, 4.69) is 0 Å². The molecule has 1 aliphatic rings. The van der Waals surface area contributed by atoms with Gasteiger partial charge in [0.15, 0.2) is 0 Å². The second kappa shape index (κ2) is 4.36. The first-order chi connectivity index (χ1) is 5.33. The highest BCUT2D eigenvalue weighted by Crippen LogP contribution is 2.16. The lowest BCUT2D eigenvalue weighted by molar-refractivity contribution is 0.0235. The van der Waals surface area contributed by atoms with Crippen LogP contribution in [0.4, 0.5) is 0 Å². The molecule has 11 heavy (non-hydrogen) atoms. The van der Waals surface area contributed by atoms with E-state index >= 15 is 0 Å². The van der Waals surface area contributed by atoms with Gasteiger partial charge in [-0.25, -0.2) is 0 Å². The van der Waals surface area contributed by atoms with Crippen molar-refractivity contribution in [3.63, 3.8) is 0 Å².